The maximum absolute atomic E-state index is 13.3. The second-order valence-corrected chi connectivity index (χ2v) is 4.33. The first-order valence-electron chi connectivity index (χ1n) is 5.78. The number of halogens is 1. The van der Waals surface area contributed by atoms with Gasteiger partial charge in [-0.2, -0.15) is 0 Å². The lowest BCUT2D eigenvalue weighted by Gasteiger charge is -2.13. The number of nitrogens with one attached hydrogen (secondary N) is 2. The molecule has 18 heavy (non-hydrogen) atoms. The van der Waals surface area contributed by atoms with E-state index in [4.69, 9.17) is 0 Å². The Morgan fingerprint density at radius 2 is 2.22 bits per heavy atom. The van der Waals surface area contributed by atoms with Gasteiger partial charge in [-0.25, -0.2) is 4.39 Å². The van der Waals surface area contributed by atoms with Crippen LogP contribution in [-0.4, -0.2) is 28.9 Å². The van der Waals surface area contributed by atoms with Crippen LogP contribution in [0.2, 0.25) is 0 Å². The van der Waals surface area contributed by atoms with Gasteiger partial charge in [-0.15, -0.1) is 0 Å². The van der Waals surface area contributed by atoms with Crippen LogP contribution in [0.4, 0.5) is 4.39 Å². The van der Waals surface area contributed by atoms with Crippen molar-refractivity contribution in [2.75, 3.05) is 0 Å². The number of amides is 2. The smallest absolute Gasteiger partial charge is 0.255 e. The van der Waals surface area contributed by atoms with Crippen LogP contribution in [0.15, 0.2) is 18.5 Å². The highest BCUT2D eigenvalue weighted by molar-refractivity contribution is 5.97. The number of aromatic nitrogens is 1. The second kappa shape index (κ2) is 5.12. The summed E-state index contributed by atoms with van der Waals surface area (Å²) in [6, 6.07) is 0.816. The van der Waals surface area contributed by atoms with Crippen molar-refractivity contribution in [1.29, 1.82) is 0 Å². The average Bonchev–Trinajstić information content (AvgIpc) is 3.13. The lowest BCUT2D eigenvalue weighted by Crippen LogP contribution is -2.45. The van der Waals surface area contributed by atoms with Gasteiger partial charge in [0.1, 0.15) is 6.04 Å². The normalized spacial score (nSPS) is 15.9. The molecule has 6 heteroatoms. The predicted octanol–water partition coefficient (Wildman–Crippen LogP) is 0.618. The molecule has 0 aromatic carbocycles. The maximum atomic E-state index is 13.3. The SMILES string of the molecule is CC(NC(=O)c1ccncc1F)C(=O)NC1CC1. The molecule has 0 radical (unpaired) electrons. The van der Waals surface area contributed by atoms with E-state index in [1.165, 1.54) is 12.3 Å². The van der Waals surface area contributed by atoms with Crippen LogP contribution in [0, 0.1) is 5.82 Å². The Morgan fingerprint density at radius 3 is 2.83 bits per heavy atom. The minimum atomic E-state index is -0.704. The van der Waals surface area contributed by atoms with E-state index in [1.807, 2.05) is 0 Å². The van der Waals surface area contributed by atoms with Gasteiger partial charge < -0.3 is 10.6 Å². The quantitative estimate of drug-likeness (QED) is 0.824. The highest BCUT2D eigenvalue weighted by atomic mass is 19.1. The van der Waals surface area contributed by atoms with E-state index in [0.29, 0.717) is 0 Å². The molecule has 2 amide bonds. The first-order valence-corrected chi connectivity index (χ1v) is 5.78. The van der Waals surface area contributed by atoms with E-state index in [2.05, 4.69) is 15.6 Å². The number of pyridine rings is 1. The van der Waals surface area contributed by atoms with Crippen molar-refractivity contribution < 1.29 is 14.0 Å². The number of carbonyl (C=O) groups is 2. The maximum Gasteiger partial charge on any atom is 0.255 e. The van der Waals surface area contributed by atoms with Gasteiger partial charge in [0, 0.05) is 12.2 Å². The van der Waals surface area contributed by atoms with E-state index in [1.54, 1.807) is 6.92 Å². The Labute approximate surface area is 104 Å². The monoisotopic (exact) mass is 251 g/mol. The van der Waals surface area contributed by atoms with Crippen molar-refractivity contribution in [2.45, 2.75) is 31.8 Å². The molecule has 0 spiro atoms. The highest BCUT2D eigenvalue weighted by Crippen LogP contribution is 2.18. The molecule has 1 aliphatic carbocycles. The summed E-state index contributed by atoms with van der Waals surface area (Å²) in [5, 5.41) is 5.22. The Balaban J connectivity index is 1.94. The van der Waals surface area contributed by atoms with Crippen LogP contribution >= 0.6 is 0 Å². The topological polar surface area (TPSA) is 71.1 Å². The molecule has 96 valence electrons. The summed E-state index contributed by atoms with van der Waals surface area (Å²) in [7, 11) is 0. The fourth-order valence-electron chi connectivity index (χ4n) is 1.45. The number of hydrogen-bond acceptors (Lipinski definition) is 3. The molecule has 1 atom stereocenters. The summed E-state index contributed by atoms with van der Waals surface area (Å²) in [5.41, 5.74) is -0.115. The second-order valence-electron chi connectivity index (χ2n) is 4.33. The zero-order valence-corrected chi connectivity index (χ0v) is 9.94. The molecule has 2 rings (SSSR count). The standard InChI is InChI=1S/C12H14FN3O2/c1-7(11(17)16-8-2-3-8)15-12(18)9-4-5-14-6-10(9)13/h4-8H,2-3H2,1H3,(H,15,18)(H,16,17). The zero-order chi connectivity index (χ0) is 13.1. The Kier molecular flexibility index (Phi) is 3.55. The van der Waals surface area contributed by atoms with E-state index >= 15 is 0 Å². The molecule has 0 aliphatic heterocycles. The van der Waals surface area contributed by atoms with Crippen LogP contribution in [0.1, 0.15) is 30.1 Å². The molecule has 1 aliphatic rings. The van der Waals surface area contributed by atoms with Crippen LogP contribution in [0.5, 0.6) is 0 Å². The van der Waals surface area contributed by atoms with Crippen LogP contribution in [-0.2, 0) is 4.79 Å². The van der Waals surface area contributed by atoms with Crippen molar-refractivity contribution in [1.82, 2.24) is 15.6 Å². The van der Waals surface area contributed by atoms with Crippen molar-refractivity contribution in [3.63, 3.8) is 0 Å². The van der Waals surface area contributed by atoms with Gasteiger partial charge >= 0.3 is 0 Å². The Hall–Kier alpha value is -1.98. The molecule has 1 aromatic heterocycles. The third kappa shape index (κ3) is 3.03. The molecule has 1 heterocycles. The molecule has 2 N–H and O–H groups in total. The average molecular weight is 251 g/mol. The van der Waals surface area contributed by atoms with Crippen molar-refractivity contribution in [2.24, 2.45) is 0 Å². The number of nitrogens with zero attached hydrogens (tertiary/aromatic N) is 1. The molecule has 1 fully saturated rings. The molecular weight excluding hydrogens is 237 g/mol. The third-order valence-corrected chi connectivity index (χ3v) is 2.68. The Bertz CT molecular complexity index is 474. The van der Waals surface area contributed by atoms with Crippen LogP contribution in [0.3, 0.4) is 0 Å². The molecule has 5 nitrogen and oxygen atoms in total. The van der Waals surface area contributed by atoms with E-state index in [9.17, 15) is 14.0 Å². The first-order chi connectivity index (χ1) is 8.58. The number of hydrogen-bond donors (Lipinski definition) is 2. The first kappa shape index (κ1) is 12.5. The fraction of sp³-hybridized carbons (Fsp3) is 0.417. The molecule has 0 bridgehead atoms. The van der Waals surface area contributed by atoms with Gasteiger partial charge in [0.2, 0.25) is 5.91 Å². The van der Waals surface area contributed by atoms with Gasteiger partial charge in [-0.05, 0) is 25.8 Å². The summed E-state index contributed by atoms with van der Waals surface area (Å²) < 4.78 is 13.3. The molecule has 1 saturated carbocycles. The lowest BCUT2D eigenvalue weighted by molar-refractivity contribution is -0.122. The minimum Gasteiger partial charge on any atom is -0.352 e. The zero-order valence-electron chi connectivity index (χ0n) is 9.94. The van der Waals surface area contributed by atoms with Gasteiger partial charge in [0.15, 0.2) is 5.82 Å². The number of carbonyl (C=O) groups excluding carboxylic acids is 2. The highest BCUT2D eigenvalue weighted by Gasteiger charge is 2.26. The summed E-state index contributed by atoms with van der Waals surface area (Å²) in [5.74, 6) is -1.57. The number of rotatable bonds is 4. The lowest BCUT2D eigenvalue weighted by atomic mass is 10.2. The van der Waals surface area contributed by atoms with Crippen LogP contribution < -0.4 is 10.6 Å². The molecule has 1 unspecified atom stereocenters. The van der Waals surface area contributed by atoms with Crippen molar-refractivity contribution >= 4 is 11.8 Å². The summed E-state index contributed by atoms with van der Waals surface area (Å²) in [6.45, 7) is 1.56. The molecule has 1 aromatic rings. The predicted molar refractivity (Wildman–Crippen MR) is 62.3 cm³/mol. The van der Waals surface area contributed by atoms with Crippen molar-refractivity contribution in [3.05, 3.63) is 29.8 Å². The summed E-state index contributed by atoms with van der Waals surface area (Å²) >= 11 is 0. The molecule has 0 saturated heterocycles. The van der Waals surface area contributed by atoms with E-state index < -0.39 is 17.8 Å². The van der Waals surface area contributed by atoms with Crippen molar-refractivity contribution in [3.8, 4) is 0 Å². The minimum absolute atomic E-state index is 0.115. The van der Waals surface area contributed by atoms with Gasteiger partial charge in [-0.1, -0.05) is 0 Å². The van der Waals surface area contributed by atoms with Gasteiger partial charge in [0.05, 0.1) is 11.8 Å². The van der Waals surface area contributed by atoms with E-state index in [0.717, 1.165) is 19.0 Å². The van der Waals surface area contributed by atoms with E-state index in [-0.39, 0.29) is 17.5 Å². The summed E-state index contributed by atoms with van der Waals surface area (Å²) in [4.78, 5) is 26.9. The summed E-state index contributed by atoms with van der Waals surface area (Å²) in [6.07, 6.45) is 4.24. The van der Waals surface area contributed by atoms with Gasteiger partial charge in [-0.3, -0.25) is 14.6 Å². The van der Waals surface area contributed by atoms with Gasteiger partial charge in [0.25, 0.3) is 5.91 Å². The third-order valence-electron chi connectivity index (χ3n) is 2.68. The fourth-order valence-corrected chi connectivity index (χ4v) is 1.45. The largest absolute Gasteiger partial charge is 0.352 e. The Morgan fingerprint density at radius 1 is 1.50 bits per heavy atom. The van der Waals surface area contributed by atoms with Crippen LogP contribution in [0.25, 0.3) is 0 Å². The molecular formula is C12H14FN3O2.